The van der Waals surface area contributed by atoms with Crippen molar-refractivity contribution >= 4 is 5.95 Å². The molecule has 5 heteroatoms. The summed E-state index contributed by atoms with van der Waals surface area (Å²) >= 11 is 0. The van der Waals surface area contributed by atoms with E-state index in [0.717, 1.165) is 18.5 Å². The smallest absolute Gasteiger partial charge is 0.226 e. The van der Waals surface area contributed by atoms with Gasteiger partial charge in [-0.25, -0.2) is 4.98 Å². The number of anilines is 1. The van der Waals surface area contributed by atoms with E-state index in [9.17, 15) is 0 Å². The Hall–Kier alpha value is -1.36. The summed E-state index contributed by atoms with van der Waals surface area (Å²) in [4.78, 5) is 8.64. The van der Waals surface area contributed by atoms with Crippen LogP contribution in [0.1, 0.15) is 38.8 Å². The maximum absolute atomic E-state index is 8.97. The van der Waals surface area contributed by atoms with Crippen molar-refractivity contribution in [2.45, 2.75) is 46.1 Å². The Morgan fingerprint density at radius 3 is 2.78 bits per heavy atom. The van der Waals surface area contributed by atoms with Crippen LogP contribution in [0.25, 0.3) is 0 Å². The third kappa shape index (κ3) is 4.87. The molecular weight excluding hydrogens is 230 g/mol. The largest absolute Gasteiger partial charge is 0.478 e. The van der Waals surface area contributed by atoms with Gasteiger partial charge in [-0.1, -0.05) is 13.8 Å². The van der Waals surface area contributed by atoms with Crippen molar-refractivity contribution < 1.29 is 9.84 Å². The molecule has 18 heavy (non-hydrogen) atoms. The zero-order chi connectivity index (χ0) is 13.4. The molecule has 2 N–H and O–H groups in total. The van der Waals surface area contributed by atoms with E-state index in [4.69, 9.17) is 9.84 Å². The second-order valence-corrected chi connectivity index (χ2v) is 4.28. The molecule has 5 nitrogen and oxygen atoms in total. The van der Waals surface area contributed by atoms with E-state index in [0.29, 0.717) is 24.9 Å². The molecular formula is C13H23N3O2. The Morgan fingerprint density at radius 2 is 2.17 bits per heavy atom. The number of hydrogen-bond donors (Lipinski definition) is 2. The Kier molecular flexibility index (Phi) is 6.43. The minimum Gasteiger partial charge on any atom is -0.478 e. The number of aliphatic hydroxyl groups is 1. The molecule has 1 aromatic rings. The first kappa shape index (κ1) is 14.7. The molecule has 0 saturated carbocycles. The Morgan fingerprint density at radius 1 is 1.39 bits per heavy atom. The quantitative estimate of drug-likeness (QED) is 0.743. The molecule has 1 heterocycles. The summed E-state index contributed by atoms with van der Waals surface area (Å²) in [5, 5.41) is 12.2. The summed E-state index contributed by atoms with van der Waals surface area (Å²) in [6, 6.07) is 2.02. The van der Waals surface area contributed by atoms with Crippen molar-refractivity contribution in [3.8, 4) is 5.88 Å². The highest BCUT2D eigenvalue weighted by atomic mass is 16.5. The lowest BCUT2D eigenvalue weighted by Crippen LogP contribution is -2.21. The van der Waals surface area contributed by atoms with E-state index in [2.05, 4.69) is 29.1 Å². The second-order valence-electron chi connectivity index (χ2n) is 4.28. The van der Waals surface area contributed by atoms with E-state index >= 15 is 0 Å². The highest BCUT2D eigenvalue weighted by Crippen LogP contribution is 2.14. The van der Waals surface area contributed by atoms with Gasteiger partial charge >= 0.3 is 0 Å². The third-order valence-corrected chi connectivity index (χ3v) is 2.59. The molecule has 102 valence electrons. The van der Waals surface area contributed by atoms with Gasteiger partial charge in [0.2, 0.25) is 11.8 Å². The number of ether oxygens (including phenoxy) is 1. The van der Waals surface area contributed by atoms with Gasteiger partial charge in [-0.05, 0) is 26.2 Å². The molecule has 0 aliphatic carbocycles. The van der Waals surface area contributed by atoms with Crippen molar-refractivity contribution in [2.24, 2.45) is 0 Å². The van der Waals surface area contributed by atoms with Crippen molar-refractivity contribution in [3.05, 3.63) is 11.8 Å². The Bertz CT molecular complexity index is 358. The minimum atomic E-state index is 0.163. The van der Waals surface area contributed by atoms with Crippen LogP contribution >= 0.6 is 0 Å². The SMILES string of the molecule is CCCOc1cc(C)nc(NC(CC)CCO)n1. The molecule has 1 unspecified atom stereocenters. The standard InChI is InChI=1S/C13H23N3O2/c1-4-8-18-12-9-10(3)14-13(16-12)15-11(5-2)6-7-17/h9,11,17H,4-8H2,1-3H3,(H,14,15,16). The van der Waals surface area contributed by atoms with E-state index < -0.39 is 0 Å². The van der Waals surface area contributed by atoms with E-state index in [1.54, 1.807) is 0 Å². The van der Waals surface area contributed by atoms with Gasteiger partial charge in [-0.2, -0.15) is 4.98 Å². The van der Waals surface area contributed by atoms with Gasteiger partial charge in [0.25, 0.3) is 0 Å². The molecule has 0 aliphatic rings. The molecule has 0 amide bonds. The average molecular weight is 253 g/mol. The van der Waals surface area contributed by atoms with Crippen LogP contribution in [0, 0.1) is 6.92 Å². The fourth-order valence-corrected chi connectivity index (χ4v) is 1.60. The summed E-state index contributed by atoms with van der Waals surface area (Å²) < 4.78 is 5.51. The molecule has 0 aliphatic heterocycles. The van der Waals surface area contributed by atoms with E-state index in [1.807, 2.05) is 13.0 Å². The number of nitrogens with zero attached hydrogens (tertiary/aromatic N) is 2. The zero-order valence-electron chi connectivity index (χ0n) is 11.4. The maximum Gasteiger partial charge on any atom is 0.226 e. The van der Waals surface area contributed by atoms with Crippen LogP contribution in [0.2, 0.25) is 0 Å². The van der Waals surface area contributed by atoms with Crippen LogP contribution in [0.15, 0.2) is 6.07 Å². The second kappa shape index (κ2) is 7.87. The Labute approximate surface area is 109 Å². The van der Waals surface area contributed by atoms with Crippen LogP contribution < -0.4 is 10.1 Å². The molecule has 0 spiro atoms. The normalized spacial score (nSPS) is 12.2. The fourth-order valence-electron chi connectivity index (χ4n) is 1.60. The summed E-state index contributed by atoms with van der Waals surface area (Å²) in [5.41, 5.74) is 0.873. The third-order valence-electron chi connectivity index (χ3n) is 2.59. The number of aromatic nitrogens is 2. The van der Waals surface area contributed by atoms with Crippen molar-refractivity contribution in [1.29, 1.82) is 0 Å². The molecule has 0 radical (unpaired) electrons. The van der Waals surface area contributed by atoms with Crippen molar-refractivity contribution in [3.63, 3.8) is 0 Å². The van der Waals surface area contributed by atoms with Gasteiger partial charge < -0.3 is 15.2 Å². The highest BCUT2D eigenvalue weighted by molar-refractivity contribution is 5.31. The van der Waals surface area contributed by atoms with Gasteiger partial charge in [0.15, 0.2) is 0 Å². The van der Waals surface area contributed by atoms with Gasteiger partial charge in [-0.3, -0.25) is 0 Å². The summed E-state index contributed by atoms with van der Waals surface area (Å²) in [6.07, 6.45) is 2.57. The predicted molar refractivity (Wildman–Crippen MR) is 72.0 cm³/mol. The lowest BCUT2D eigenvalue weighted by molar-refractivity contribution is 0.277. The maximum atomic E-state index is 8.97. The van der Waals surface area contributed by atoms with Crippen LogP contribution in [-0.4, -0.2) is 34.3 Å². The molecule has 0 aromatic carbocycles. The molecule has 0 saturated heterocycles. The number of aryl methyl sites for hydroxylation is 1. The van der Waals surface area contributed by atoms with Gasteiger partial charge in [-0.15, -0.1) is 0 Å². The average Bonchev–Trinajstić information content (AvgIpc) is 2.35. The lowest BCUT2D eigenvalue weighted by Gasteiger charge is -2.16. The van der Waals surface area contributed by atoms with Crippen LogP contribution in [0.4, 0.5) is 5.95 Å². The molecule has 1 rings (SSSR count). The number of aliphatic hydroxyl groups excluding tert-OH is 1. The fraction of sp³-hybridized carbons (Fsp3) is 0.692. The van der Waals surface area contributed by atoms with Crippen molar-refractivity contribution in [2.75, 3.05) is 18.5 Å². The first-order valence-electron chi connectivity index (χ1n) is 6.55. The highest BCUT2D eigenvalue weighted by Gasteiger charge is 2.09. The molecule has 0 bridgehead atoms. The van der Waals surface area contributed by atoms with Crippen LogP contribution in [-0.2, 0) is 0 Å². The summed E-state index contributed by atoms with van der Waals surface area (Å²) in [6.45, 7) is 6.86. The lowest BCUT2D eigenvalue weighted by atomic mass is 10.2. The summed E-state index contributed by atoms with van der Waals surface area (Å²) in [7, 11) is 0. The number of rotatable bonds is 8. The van der Waals surface area contributed by atoms with Crippen LogP contribution in [0.5, 0.6) is 5.88 Å². The van der Waals surface area contributed by atoms with E-state index in [-0.39, 0.29) is 12.6 Å². The Balaban J connectivity index is 2.71. The predicted octanol–water partition coefficient (Wildman–Crippen LogP) is 2.15. The van der Waals surface area contributed by atoms with Crippen molar-refractivity contribution in [1.82, 2.24) is 9.97 Å². The first-order valence-corrected chi connectivity index (χ1v) is 6.55. The minimum absolute atomic E-state index is 0.163. The zero-order valence-corrected chi connectivity index (χ0v) is 11.4. The monoisotopic (exact) mass is 253 g/mol. The molecule has 1 atom stereocenters. The number of hydrogen-bond acceptors (Lipinski definition) is 5. The van der Waals surface area contributed by atoms with E-state index in [1.165, 1.54) is 0 Å². The van der Waals surface area contributed by atoms with Crippen LogP contribution in [0.3, 0.4) is 0 Å². The topological polar surface area (TPSA) is 67.3 Å². The number of nitrogens with one attached hydrogen (secondary N) is 1. The van der Waals surface area contributed by atoms with Gasteiger partial charge in [0.1, 0.15) is 0 Å². The summed E-state index contributed by atoms with van der Waals surface area (Å²) in [5.74, 6) is 1.17. The van der Waals surface area contributed by atoms with Gasteiger partial charge in [0.05, 0.1) is 6.61 Å². The molecule has 0 fully saturated rings. The molecule has 1 aromatic heterocycles. The van der Waals surface area contributed by atoms with Gasteiger partial charge in [0, 0.05) is 24.4 Å². The first-order chi connectivity index (χ1) is 8.69.